The van der Waals surface area contributed by atoms with E-state index in [2.05, 4.69) is 0 Å². The van der Waals surface area contributed by atoms with Crippen LogP contribution in [0.15, 0.2) is 0 Å². The molecule has 193 valence electrons. The Labute approximate surface area is 287 Å². The smallest absolute Gasteiger partial charge is 0.190 e. The Kier molecular flexibility index (Phi) is 13.1. The SMILES string of the molecule is [O]C(Cl)(Cl)C(Cl)(Cl)C(Cl)(Cl)C(Cl)(Cl)C(Cl)(Cl)C(Cl)(Cl)C(Cl)(Cl)C(Cl)(C(Cl)(Cl)Cl)C(Cl)(Cl)Cl. The van der Waals surface area contributed by atoms with Crippen molar-refractivity contribution in [1.29, 1.82) is 0 Å². The molecule has 0 aliphatic heterocycles. The van der Waals surface area contributed by atoms with Crippen LogP contribution in [0.3, 0.4) is 0 Å². The Bertz CT molecular complexity index is 675. The van der Waals surface area contributed by atoms with Crippen molar-refractivity contribution in [1.82, 2.24) is 0 Å². The van der Waals surface area contributed by atoms with Crippen LogP contribution in [0.25, 0.3) is 0 Å². The Hall–Kier alpha value is 6.05. The van der Waals surface area contributed by atoms with Gasteiger partial charge in [0.15, 0.2) is 26.5 Å². The summed E-state index contributed by atoms with van der Waals surface area (Å²) in [6.07, 6.45) is 0. The van der Waals surface area contributed by atoms with Gasteiger partial charge in [-0.25, -0.2) is 0 Å². The van der Waals surface area contributed by atoms with Gasteiger partial charge in [-0.2, -0.15) is 5.11 Å². The molecule has 1 nitrogen and oxygen atoms in total. The third-order valence-corrected chi connectivity index (χ3v) is 16.5. The molecule has 0 amide bonds. The molecular formula is C10Cl21O. The van der Waals surface area contributed by atoms with E-state index in [1.807, 2.05) is 0 Å². The van der Waals surface area contributed by atoms with E-state index in [-0.39, 0.29) is 0 Å². The summed E-state index contributed by atoms with van der Waals surface area (Å²) >= 11 is 126. The molecule has 0 rings (SSSR count). The topological polar surface area (TPSA) is 19.9 Å². The van der Waals surface area contributed by atoms with Gasteiger partial charge in [0, 0.05) is 0 Å². The quantitative estimate of drug-likeness (QED) is 0.227. The first kappa shape index (κ1) is 38.0. The standard InChI is InChI=1S/C10Cl21O/c11-1(8(24,25)26,9(27,28)29)2(12,13)3(14,15)4(16,17)5(18,19)6(20,21)7(22,23)10(30,31)32. The number of alkyl halides is 21. The second-order valence-corrected chi connectivity index (χ2v) is 20.0. The van der Waals surface area contributed by atoms with Crippen molar-refractivity contribution in [2.24, 2.45) is 0 Å². The monoisotopic (exact) mass is 870 g/mol. The molecule has 0 heterocycles. The lowest BCUT2D eigenvalue weighted by atomic mass is 9.97. The second kappa shape index (κ2) is 11.0. The van der Waals surface area contributed by atoms with Gasteiger partial charge in [0.25, 0.3) is 4.52 Å². The average molecular weight is 881 g/mol. The van der Waals surface area contributed by atoms with Crippen LogP contribution in [0.5, 0.6) is 0 Å². The van der Waals surface area contributed by atoms with Crippen LogP contribution >= 0.6 is 244 Å². The van der Waals surface area contributed by atoms with Crippen molar-refractivity contribution in [3.8, 4) is 0 Å². The summed E-state index contributed by atoms with van der Waals surface area (Å²) in [4.78, 5) is -3.10. The zero-order valence-electron chi connectivity index (χ0n) is 13.3. The molecule has 0 aliphatic carbocycles. The predicted octanol–water partition coefficient (Wildman–Crippen LogP) is 12.3. The molecule has 0 aromatic carbocycles. The van der Waals surface area contributed by atoms with Gasteiger partial charge in [-0.15, -0.1) is 11.6 Å². The summed E-state index contributed by atoms with van der Waals surface area (Å²) in [6.45, 7) is 0. The molecule has 0 atom stereocenters. The fourth-order valence-corrected chi connectivity index (χ4v) is 9.29. The van der Waals surface area contributed by atoms with Crippen LogP contribution in [0.4, 0.5) is 0 Å². The van der Waals surface area contributed by atoms with Gasteiger partial charge < -0.3 is 0 Å². The molecule has 0 unspecified atom stereocenters. The number of hydrogen-bond donors (Lipinski definition) is 0. The summed E-state index contributed by atoms with van der Waals surface area (Å²) in [6, 6.07) is 0. The van der Waals surface area contributed by atoms with E-state index in [0.29, 0.717) is 0 Å². The summed E-state index contributed by atoms with van der Waals surface area (Å²) in [5, 5.41) is 12.1. The lowest BCUT2D eigenvalue weighted by Crippen LogP contribution is -2.74. The van der Waals surface area contributed by atoms with E-state index >= 15 is 0 Å². The molecule has 0 spiro atoms. The Morgan fingerprint density at radius 3 is 0.656 bits per heavy atom. The molecule has 0 bridgehead atoms. The molecule has 0 aromatic heterocycles. The van der Waals surface area contributed by atoms with Crippen molar-refractivity contribution in [2.45, 2.75) is 43.0 Å². The lowest BCUT2D eigenvalue weighted by molar-refractivity contribution is 0.0980. The van der Waals surface area contributed by atoms with Gasteiger partial charge in [0.05, 0.1) is 0 Å². The summed E-state index contributed by atoms with van der Waals surface area (Å²) in [5.41, 5.74) is 0. The number of halogens is 21. The summed E-state index contributed by atoms with van der Waals surface area (Å²) in [5.74, 6) is 0. The third-order valence-electron chi connectivity index (χ3n) is 3.55. The van der Waals surface area contributed by atoms with Crippen LogP contribution in [0.1, 0.15) is 0 Å². The van der Waals surface area contributed by atoms with Crippen LogP contribution in [-0.4, -0.2) is 43.0 Å². The molecule has 0 N–H and O–H groups in total. The maximum Gasteiger partial charge on any atom is 0.286 e. The minimum Gasteiger partial charge on any atom is -0.190 e. The van der Waals surface area contributed by atoms with Crippen molar-refractivity contribution in [3.05, 3.63) is 0 Å². The van der Waals surface area contributed by atoms with Crippen molar-refractivity contribution in [3.63, 3.8) is 0 Å². The van der Waals surface area contributed by atoms with Crippen LogP contribution in [0.2, 0.25) is 0 Å². The Balaban J connectivity index is 7.19. The Morgan fingerprint density at radius 1 is 0.281 bits per heavy atom. The molecule has 0 saturated carbocycles. The first-order valence-corrected chi connectivity index (χ1v) is 14.4. The van der Waals surface area contributed by atoms with Crippen LogP contribution in [0, 0.1) is 0 Å². The third kappa shape index (κ3) is 5.84. The van der Waals surface area contributed by atoms with Crippen molar-refractivity contribution in [2.75, 3.05) is 0 Å². The van der Waals surface area contributed by atoms with Gasteiger partial charge in [-0.05, 0) is 0 Å². The van der Waals surface area contributed by atoms with E-state index in [4.69, 9.17) is 244 Å². The molecule has 0 saturated heterocycles. The van der Waals surface area contributed by atoms with Gasteiger partial charge in [-0.3, -0.25) is 0 Å². The number of hydrogen-bond acceptors (Lipinski definition) is 0. The molecule has 32 heavy (non-hydrogen) atoms. The normalized spacial score (nSPS) is 17.1. The highest BCUT2D eigenvalue weighted by Crippen LogP contribution is 2.75. The first-order chi connectivity index (χ1) is 13.2. The fraction of sp³-hybridized carbons (Fsp3) is 1.00. The minimum absolute atomic E-state index is 2.89. The van der Waals surface area contributed by atoms with Gasteiger partial charge in [0.1, 0.15) is 0 Å². The summed E-state index contributed by atoms with van der Waals surface area (Å²) < 4.78 is -28.8. The lowest BCUT2D eigenvalue weighted by Gasteiger charge is -2.57. The largest absolute Gasteiger partial charge is 0.286 e. The van der Waals surface area contributed by atoms with Gasteiger partial charge in [0.2, 0.25) is 11.9 Å². The maximum absolute atomic E-state index is 12.1. The molecule has 22 heteroatoms. The number of rotatable bonds is 7. The molecule has 0 aliphatic rings. The van der Waals surface area contributed by atoms with E-state index < -0.39 is 43.0 Å². The highest BCUT2D eigenvalue weighted by molar-refractivity contribution is 6.83. The predicted molar refractivity (Wildman–Crippen MR) is 151 cm³/mol. The summed E-state index contributed by atoms with van der Waals surface area (Å²) in [7, 11) is 0. The van der Waals surface area contributed by atoms with Crippen LogP contribution in [-0.2, 0) is 5.11 Å². The van der Waals surface area contributed by atoms with E-state index in [1.165, 1.54) is 0 Å². The Morgan fingerprint density at radius 2 is 0.469 bits per heavy atom. The molecule has 0 fully saturated rings. The van der Waals surface area contributed by atoms with Crippen LogP contribution < -0.4 is 0 Å². The van der Waals surface area contributed by atoms with E-state index in [0.717, 1.165) is 0 Å². The van der Waals surface area contributed by atoms with Crippen molar-refractivity contribution < 1.29 is 5.11 Å². The van der Waals surface area contributed by atoms with E-state index in [1.54, 1.807) is 0 Å². The molecular weight excluding hydrogens is 881 g/mol. The first-order valence-electron chi connectivity index (χ1n) is 6.42. The highest BCUT2D eigenvalue weighted by Gasteiger charge is 2.85. The minimum atomic E-state index is -3.41. The zero-order chi connectivity index (χ0) is 27.0. The maximum atomic E-state index is 12.1. The molecule has 0 aromatic rings. The molecule has 1 radical (unpaired) electrons. The second-order valence-electron chi connectivity index (χ2n) is 5.62. The average Bonchev–Trinajstić information content (AvgIpc) is 2.49. The van der Waals surface area contributed by atoms with E-state index in [9.17, 15) is 5.11 Å². The zero-order valence-corrected chi connectivity index (χ0v) is 29.2. The van der Waals surface area contributed by atoms with Gasteiger partial charge in [-0.1, -0.05) is 232 Å². The fourth-order valence-electron chi connectivity index (χ4n) is 1.70. The highest BCUT2D eigenvalue weighted by atomic mass is 35.6. The van der Waals surface area contributed by atoms with Gasteiger partial charge >= 0.3 is 0 Å². The van der Waals surface area contributed by atoms with Crippen molar-refractivity contribution >= 4 is 244 Å².